The van der Waals surface area contributed by atoms with E-state index in [1.54, 1.807) is 0 Å². The van der Waals surface area contributed by atoms with Crippen LogP contribution in [0.25, 0.3) is 0 Å². The number of fused-ring (bicyclic) bond motifs is 4. The Bertz CT molecular complexity index is 1900. The van der Waals surface area contributed by atoms with Crippen LogP contribution in [0.3, 0.4) is 0 Å². The SMILES string of the molecule is C[C@H]1OC(O[C@H]2CC[C@]3(C)C4=CC(=O)C56OCC7(CCC(C)(C)CC75)[C@@H](O)C[C@@]6(C)[C@]4(C)CCC3[C@]2(C)CO)[C@H](O[C@@H]2O[C@H](CO)[C@@H](O)[C@H](O)[C@H]2O)[C@@H](O[C@@H]2O[C@H](CO)[C@@H](O)[C@H](O)[C@H]2O)[C@H]1O. The zero-order valence-corrected chi connectivity index (χ0v) is 39.7. The summed E-state index contributed by atoms with van der Waals surface area (Å²) in [6.45, 7) is 12.9. The molecule has 4 aliphatic heterocycles. The highest BCUT2D eigenvalue weighted by molar-refractivity contribution is 6.01. The van der Waals surface area contributed by atoms with Gasteiger partial charge in [0.1, 0.15) is 72.7 Å². The van der Waals surface area contributed by atoms with Crippen LogP contribution in [-0.4, -0.2) is 198 Å². The molecule has 19 nitrogen and oxygen atoms in total. The third-order valence-corrected chi connectivity index (χ3v) is 19.8. The maximum absolute atomic E-state index is 15.2. The summed E-state index contributed by atoms with van der Waals surface area (Å²) in [5.41, 5.74) is -3.55. The van der Waals surface area contributed by atoms with Crippen LogP contribution in [0, 0.1) is 44.3 Å². The van der Waals surface area contributed by atoms with E-state index >= 15 is 4.79 Å². The molecule has 0 aromatic carbocycles. The maximum Gasteiger partial charge on any atom is 0.188 e. The highest BCUT2D eigenvalue weighted by Crippen LogP contribution is 2.78. The Labute approximate surface area is 391 Å². The van der Waals surface area contributed by atoms with Crippen LogP contribution >= 0.6 is 0 Å². The van der Waals surface area contributed by atoms with Crippen molar-refractivity contribution < 1.29 is 94.1 Å². The molecule has 5 unspecified atom stereocenters. The van der Waals surface area contributed by atoms with E-state index in [0.717, 1.165) is 24.8 Å². The number of rotatable bonds is 9. The van der Waals surface area contributed by atoms with E-state index in [-0.39, 0.29) is 29.6 Å². The Kier molecular flexibility index (Phi) is 13.0. The number of hydrogen-bond acceptors (Lipinski definition) is 19. The minimum atomic E-state index is -1.91. The van der Waals surface area contributed by atoms with E-state index in [0.29, 0.717) is 38.7 Å². The zero-order chi connectivity index (χ0) is 48.8. The van der Waals surface area contributed by atoms with Crippen LogP contribution in [0.2, 0.25) is 0 Å². The van der Waals surface area contributed by atoms with Gasteiger partial charge in [-0.3, -0.25) is 4.79 Å². The molecular formula is C48H76O19. The van der Waals surface area contributed by atoms with Gasteiger partial charge in [0.15, 0.2) is 24.7 Å². The number of ketones is 1. The van der Waals surface area contributed by atoms with E-state index in [2.05, 4.69) is 34.6 Å². The molecule has 9 aliphatic rings. The van der Waals surface area contributed by atoms with Crippen molar-refractivity contribution in [1.29, 1.82) is 0 Å². The lowest BCUT2D eigenvalue weighted by Crippen LogP contribution is -2.74. The number of carbonyl (C=O) groups is 1. The number of allylic oxidation sites excluding steroid dienone is 1. The van der Waals surface area contributed by atoms with Crippen LogP contribution in [0.5, 0.6) is 0 Å². The lowest BCUT2D eigenvalue weighted by atomic mass is 9.33. The standard InChI is InChI=1S/C48H76O19/c1-21-30(54)37(66-39-35(59)33(57)31(55)22(17-49)63-39)38(67-40-36(60)34(58)32(56)23(18-50)64-40)41(62-21)65-29-9-10-43(4)24(44(29,5)19-51)8-11-45(6)25(43)14-27(52)48-26-15-42(2,3)12-13-47(26,20-61-48)28(53)16-46(45,48)7/h14,21-24,26,28-41,49-51,53-60H,8-13,15-20H2,1-7H3/t21-,22-,23-,24?,26?,28+,29+,30+,31-,32-,33+,34+,35-,36-,37+,38-,39+,40+,41?,43+,44+,45-,46+,47?,48?/m1/s1. The minimum absolute atomic E-state index is 0.0220. The molecule has 4 saturated carbocycles. The Balaban J connectivity index is 1.04. The van der Waals surface area contributed by atoms with E-state index in [1.807, 2.05) is 13.0 Å². The first-order valence-corrected chi connectivity index (χ1v) is 24.5. The molecule has 2 bridgehead atoms. The second-order valence-electron chi connectivity index (χ2n) is 23.6. The van der Waals surface area contributed by atoms with Crippen LogP contribution in [-0.2, 0) is 38.0 Å². The molecule has 0 radical (unpaired) electrons. The summed E-state index contributed by atoms with van der Waals surface area (Å²) in [4.78, 5) is 15.2. The first-order chi connectivity index (χ1) is 31.3. The van der Waals surface area contributed by atoms with Crippen LogP contribution in [0.15, 0.2) is 11.6 Å². The maximum atomic E-state index is 15.2. The highest BCUT2D eigenvalue weighted by atomic mass is 16.8. The number of ether oxygens (including phenoxy) is 7. The van der Waals surface area contributed by atoms with Crippen molar-refractivity contribution in [2.75, 3.05) is 26.4 Å². The topological polar surface area (TPSA) is 304 Å². The molecule has 67 heavy (non-hydrogen) atoms. The monoisotopic (exact) mass is 956 g/mol. The van der Waals surface area contributed by atoms with E-state index in [9.17, 15) is 56.2 Å². The predicted octanol–water partition coefficient (Wildman–Crippen LogP) is -1.08. The lowest BCUT2D eigenvalue weighted by molar-refractivity contribution is -0.397. The number of aliphatic hydroxyl groups excluding tert-OH is 11. The molecule has 1 spiro atoms. The van der Waals surface area contributed by atoms with Gasteiger partial charge >= 0.3 is 0 Å². The van der Waals surface area contributed by atoms with Gasteiger partial charge in [0, 0.05) is 22.2 Å². The summed E-state index contributed by atoms with van der Waals surface area (Å²) in [5.74, 6) is -0.455. The molecule has 0 aromatic heterocycles. The molecule has 11 N–H and O–H groups in total. The molecule has 0 amide bonds. The van der Waals surface area contributed by atoms with E-state index < -0.39 is 150 Å². The van der Waals surface area contributed by atoms with Gasteiger partial charge in [-0.25, -0.2) is 0 Å². The Morgan fingerprint density at radius 1 is 0.642 bits per heavy atom. The highest BCUT2D eigenvalue weighted by Gasteiger charge is 2.81. The molecule has 4 saturated heterocycles. The summed E-state index contributed by atoms with van der Waals surface area (Å²) in [5, 5.41) is 120. The second kappa shape index (κ2) is 17.2. The van der Waals surface area contributed by atoms with E-state index in [1.165, 1.54) is 6.92 Å². The van der Waals surface area contributed by atoms with Crippen LogP contribution in [0.1, 0.15) is 99.8 Å². The van der Waals surface area contributed by atoms with Gasteiger partial charge < -0.3 is 89.3 Å². The van der Waals surface area contributed by atoms with Crippen molar-refractivity contribution in [3.8, 4) is 0 Å². The fourth-order valence-electron chi connectivity index (χ4n) is 15.5. The fraction of sp³-hybridized carbons (Fsp3) is 0.938. The Morgan fingerprint density at radius 3 is 1.82 bits per heavy atom. The summed E-state index contributed by atoms with van der Waals surface area (Å²) in [7, 11) is 0. The van der Waals surface area contributed by atoms with Gasteiger partial charge in [0.25, 0.3) is 0 Å². The van der Waals surface area contributed by atoms with Gasteiger partial charge in [-0.05, 0) is 86.5 Å². The molecule has 5 aliphatic carbocycles. The molecule has 4 heterocycles. The third-order valence-electron chi connectivity index (χ3n) is 19.8. The molecule has 8 fully saturated rings. The van der Waals surface area contributed by atoms with Gasteiger partial charge in [-0.15, -0.1) is 0 Å². The molecular weight excluding hydrogens is 881 g/mol. The second-order valence-corrected chi connectivity index (χ2v) is 23.6. The Morgan fingerprint density at radius 2 is 1.24 bits per heavy atom. The first kappa shape index (κ1) is 50.6. The molecule has 19 heteroatoms. The quantitative estimate of drug-likeness (QED) is 0.123. The predicted molar refractivity (Wildman–Crippen MR) is 230 cm³/mol. The Hall–Kier alpha value is -1.31. The average Bonchev–Trinajstić information content (AvgIpc) is 3.58. The summed E-state index contributed by atoms with van der Waals surface area (Å²) < 4.78 is 44.0. The van der Waals surface area contributed by atoms with Crippen molar-refractivity contribution in [3.63, 3.8) is 0 Å². The molecule has 0 aromatic rings. The number of aliphatic hydroxyl groups is 11. The molecule has 25 atom stereocenters. The van der Waals surface area contributed by atoms with Crippen molar-refractivity contribution >= 4 is 5.78 Å². The van der Waals surface area contributed by atoms with Gasteiger partial charge in [0.2, 0.25) is 0 Å². The first-order valence-electron chi connectivity index (χ1n) is 24.5. The minimum Gasteiger partial charge on any atom is -0.396 e. The van der Waals surface area contributed by atoms with Crippen molar-refractivity contribution in [3.05, 3.63) is 11.6 Å². The zero-order valence-electron chi connectivity index (χ0n) is 39.7. The van der Waals surface area contributed by atoms with Crippen LogP contribution in [0.4, 0.5) is 0 Å². The molecule has 9 rings (SSSR count). The van der Waals surface area contributed by atoms with Gasteiger partial charge in [0.05, 0.1) is 44.7 Å². The van der Waals surface area contributed by atoms with Crippen LogP contribution < -0.4 is 0 Å². The van der Waals surface area contributed by atoms with Crippen molar-refractivity contribution in [1.82, 2.24) is 0 Å². The average molecular weight is 957 g/mol. The van der Waals surface area contributed by atoms with Crippen molar-refractivity contribution in [2.45, 2.75) is 210 Å². The summed E-state index contributed by atoms with van der Waals surface area (Å²) in [6, 6.07) is 0. The van der Waals surface area contributed by atoms with Gasteiger partial charge in [-0.1, -0.05) is 47.1 Å². The van der Waals surface area contributed by atoms with Gasteiger partial charge in [-0.2, -0.15) is 0 Å². The normalized spacial score (nSPS) is 57.1. The number of hydrogen-bond donors (Lipinski definition) is 11. The molecule has 382 valence electrons. The smallest absolute Gasteiger partial charge is 0.188 e. The fourth-order valence-corrected chi connectivity index (χ4v) is 15.5. The summed E-state index contributed by atoms with van der Waals surface area (Å²) >= 11 is 0. The largest absolute Gasteiger partial charge is 0.396 e. The third kappa shape index (κ3) is 7.07. The van der Waals surface area contributed by atoms with Crippen molar-refractivity contribution in [2.24, 2.45) is 44.3 Å². The summed E-state index contributed by atoms with van der Waals surface area (Å²) in [6.07, 6.45) is -19.2. The number of carbonyl (C=O) groups excluding carboxylic acids is 1. The van der Waals surface area contributed by atoms with E-state index in [4.69, 9.17) is 33.2 Å². The lowest BCUT2D eigenvalue weighted by Gasteiger charge is -2.71.